The molecule has 0 saturated carbocycles. The van der Waals surface area contributed by atoms with Gasteiger partial charge in [-0.25, -0.2) is 4.79 Å². The van der Waals surface area contributed by atoms with Gasteiger partial charge >= 0.3 is 5.97 Å². The monoisotopic (exact) mass is 721 g/mol. The lowest BCUT2D eigenvalue weighted by Crippen LogP contribution is -2.30. The zero-order valence-electron chi connectivity index (χ0n) is 26.4. The van der Waals surface area contributed by atoms with Crippen LogP contribution in [-0.4, -0.2) is 36.1 Å². The first-order chi connectivity index (χ1) is 23.0. The van der Waals surface area contributed by atoms with Gasteiger partial charge in [0.1, 0.15) is 10.7 Å². The fourth-order valence-corrected chi connectivity index (χ4v) is 8.04. The summed E-state index contributed by atoms with van der Waals surface area (Å²) >= 11 is 15.5. The van der Waals surface area contributed by atoms with Crippen LogP contribution in [0.3, 0.4) is 0 Å². The Balaban J connectivity index is 1.31. The van der Waals surface area contributed by atoms with Gasteiger partial charge in [-0.1, -0.05) is 60.5 Å². The Hall–Kier alpha value is -4.09. The summed E-state index contributed by atoms with van der Waals surface area (Å²) in [5.41, 5.74) is 2.52. The molecule has 4 aromatic rings. The van der Waals surface area contributed by atoms with Crippen molar-refractivity contribution in [2.75, 3.05) is 17.7 Å². The second-order valence-electron chi connectivity index (χ2n) is 11.3. The van der Waals surface area contributed by atoms with Gasteiger partial charge in [0.25, 0.3) is 11.8 Å². The Morgan fingerprint density at radius 3 is 2.40 bits per heavy atom. The highest BCUT2D eigenvalue weighted by Crippen LogP contribution is 2.40. The molecule has 12 heteroatoms. The van der Waals surface area contributed by atoms with E-state index in [1.807, 2.05) is 6.07 Å². The zero-order valence-corrected chi connectivity index (χ0v) is 29.5. The van der Waals surface area contributed by atoms with E-state index in [0.29, 0.717) is 43.3 Å². The van der Waals surface area contributed by atoms with E-state index in [4.69, 9.17) is 27.9 Å². The normalized spacial score (nSPS) is 14.8. The van der Waals surface area contributed by atoms with Crippen molar-refractivity contribution in [2.45, 2.75) is 43.3 Å². The van der Waals surface area contributed by atoms with E-state index in [-0.39, 0.29) is 11.6 Å². The van der Waals surface area contributed by atoms with E-state index >= 15 is 0 Å². The Morgan fingerprint density at radius 1 is 0.979 bits per heavy atom. The summed E-state index contributed by atoms with van der Waals surface area (Å²) in [5.74, 6) is -1.30. The molecule has 2 atom stereocenters. The molecule has 48 heavy (non-hydrogen) atoms. The third kappa shape index (κ3) is 8.49. The maximum absolute atomic E-state index is 13.6. The number of esters is 1. The highest BCUT2D eigenvalue weighted by atomic mass is 35.5. The SMILES string of the molecule is COC(=O)c1c(NC(=O)C(C)Sc2cccc(NC(=O)/C(=C\c3c(Cl)cccc3Cl)NC(=O)c3ccccc3)c2)sc2c1CCC(C)C2. The average Bonchev–Trinajstić information content (AvgIpc) is 3.42. The summed E-state index contributed by atoms with van der Waals surface area (Å²) in [5, 5.41) is 9.06. The van der Waals surface area contributed by atoms with Crippen LogP contribution in [-0.2, 0) is 27.2 Å². The summed E-state index contributed by atoms with van der Waals surface area (Å²) in [6.07, 6.45) is 4.04. The van der Waals surface area contributed by atoms with Crippen LogP contribution in [0.15, 0.2) is 83.4 Å². The average molecular weight is 723 g/mol. The molecule has 0 spiro atoms. The van der Waals surface area contributed by atoms with E-state index in [9.17, 15) is 19.2 Å². The number of methoxy groups -OCH3 is 1. The van der Waals surface area contributed by atoms with Crippen LogP contribution < -0.4 is 16.0 Å². The number of carbonyl (C=O) groups excluding carboxylic acids is 4. The van der Waals surface area contributed by atoms with E-state index < -0.39 is 23.0 Å². The van der Waals surface area contributed by atoms with Crippen LogP contribution in [0.25, 0.3) is 6.08 Å². The molecule has 0 fully saturated rings. The molecular weight excluding hydrogens is 689 g/mol. The summed E-state index contributed by atoms with van der Waals surface area (Å²) in [4.78, 5) is 54.5. The quantitative estimate of drug-likeness (QED) is 0.0860. The predicted octanol–water partition coefficient (Wildman–Crippen LogP) is 8.50. The summed E-state index contributed by atoms with van der Waals surface area (Å²) in [7, 11) is 1.34. The topological polar surface area (TPSA) is 114 Å². The molecule has 0 saturated heterocycles. The maximum Gasteiger partial charge on any atom is 0.341 e. The highest BCUT2D eigenvalue weighted by Gasteiger charge is 2.30. The van der Waals surface area contributed by atoms with Crippen molar-refractivity contribution in [1.29, 1.82) is 0 Å². The van der Waals surface area contributed by atoms with Gasteiger partial charge in [0.15, 0.2) is 0 Å². The van der Waals surface area contributed by atoms with E-state index in [1.165, 1.54) is 36.3 Å². The van der Waals surface area contributed by atoms with Crippen molar-refractivity contribution in [2.24, 2.45) is 5.92 Å². The fraction of sp³-hybridized carbons (Fsp3) is 0.222. The number of hydrogen-bond acceptors (Lipinski definition) is 7. The number of nitrogens with one attached hydrogen (secondary N) is 3. The number of rotatable bonds is 10. The van der Waals surface area contributed by atoms with Crippen LogP contribution in [0.4, 0.5) is 10.7 Å². The van der Waals surface area contributed by atoms with Crippen LogP contribution in [0.2, 0.25) is 10.0 Å². The van der Waals surface area contributed by atoms with Gasteiger partial charge < -0.3 is 20.7 Å². The first-order valence-corrected chi connectivity index (χ1v) is 17.6. The lowest BCUT2D eigenvalue weighted by molar-refractivity contribution is -0.115. The van der Waals surface area contributed by atoms with Crippen molar-refractivity contribution < 1.29 is 23.9 Å². The first-order valence-electron chi connectivity index (χ1n) is 15.2. The van der Waals surface area contributed by atoms with Crippen molar-refractivity contribution in [3.05, 3.63) is 116 Å². The Bertz CT molecular complexity index is 1870. The van der Waals surface area contributed by atoms with Crippen LogP contribution in [0.1, 0.15) is 57.0 Å². The Morgan fingerprint density at radius 2 is 1.69 bits per heavy atom. The minimum absolute atomic E-state index is 0.0703. The molecule has 248 valence electrons. The summed E-state index contributed by atoms with van der Waals surface area (Å²) in [6, 6.07) is 20.5. The van der Waals surface area contributed by atoms with E-state index in [1.54, 1.807) is 73.7 Å². The summed E-state index contributed by atoms with van der Waals surface area (Å²) < 4.78 is 5.05. The number of halogens is 2. The second kappa shape index (κ2) is 15.9. The van der Waals surface area contributed by atoms with Crippen molar-refractivity contribution in [3.63, 3.8) is 0 Å². The third-order valence-corrected chi connectivity index (χ3v) is 10.7. The van der Waals surface area contributed by atoms with Gasteiger partial charge in [0.2, 0.25) is 5.91 Å². The number of amides is 3. The Kier molecular flexibility index (Phi) is 11.6. The Labute approximate surface area is 297 Å². The second-order valence-corrected chi connectivity index (χ2v) is 14.6. The molecule has 1 aromatic heterocycles. The fourth-order valence-electron chi connectivity index (χ4n) is 5.21. The number of benzene rings is 3. The van der Waals surface area contributed by atoms with Gasteiger partial charge in [0.05, 0.1) is 17.9 Å². The van der Waals surface area contributed by atoms with Crippen molar-refractivity contribution in [1.82, 2.24) is 5.32 Å². The smallest absolute Gasteiger partial charge is 0.341 e. The maximum atomic E-state index is 13.6. The van der Waals surface area contributed by atoms with Crippen LogP contribution in [0.5, 0.6) is 0 Å². The number of ether oxygens (including phenoxy) is 1. The number of thioether (sulfide) groups is 1. The van der Waals surface area contributed by atoms with Gasteiger partial charge in [-0.3, -0.25) is 14.4 Å². The minimum Gasteiger partial charge on any atom is -0.465 e. The van der Waals surface area contributed by atoms with Crippen molar-refractivity contribution in [3.8, 4) is 0 Å². The lowest BCUT2D eigenvalue weighted by Gasteiger charge is -2.18. The number of fused-ring (bicyclic) bond motifs is 1. The van der Waals surface area contributed by atoms with Gasteiger partial charge in [-0.05, 0) is 86.2 Å². The molecule has 0 bridgehead atoms. The largest absolute Gasteiger partial charge is 0.465 e. The van der Waals surface area contributed by atoms with Gasteiger partial charge in [-0.15, -0.1) is 23.1 Å². The van der Waals surface area contributed by atoms with Gasteiger partial charge in [-0.2, -0.15) is 0 Å². The number of hydrogen-bond donors (Lipinski definition) is 3. The highest BCUT2D eigenvalue weighted by molar-refractivity contribution is 8.00. The molecule has 2 unspecified atom stereocenters. The molecular formula is C36H33Cl2N3O5S2. The summed E-state index contributed by atoms with van der Waals surface area (Å²) in [6.45, 7) is 3.95. The van der Waals surface area contributed by atoms with E-state index in [0.717, 1.165) is 34.6 Å². The number of anilines is 2. The molecule has 3 amide bonds. The minimum atomic E-state index is -0.602. The standard InChI is InChI=1S/C36H33Cl2N3O5S2/c1-20-15-16-25-30(17-20)48-35(31(25)36(45)46-3)41-32(42)21(2)47-24-12-7-11-23(18-24)39-34(44)29(19-26-27(37)13-8-14-28(26)38)40-33(43)22-9-5-4-6-10-22/h4-14,18-21H,15-17H2,1-3H3,(H,39,44)(H,40,43)(H,41,42)/b29-19+. The molecule has 0 radical (unpaired) electrons. The first kappa shape index (κ1) is 35.2. The molecule has 1 aliphatic carbocycles. The third-order valence-electron chi connectivity index (χ3n) is 7.73. The molecule has 1 heterocycles. The molecule has 5 rings (SSSR count). The molecule has 3 N–H and O–H groups in total. The lowest BCUT2D eigenvalue weighted by atomic mass is 9.88. The van der Waals surface area contributed by atoms with Crippen LogP contribution in [0, 0.1) is 5.92 Å². The van der Waals surface area contributed by atoms with Crippen molar-refractivity contribution >= 4 is 86.8 Å². The van der Waals surface area contributed by atoms with Gasteiger partial charge in [0, 0.05) is 36.6 Å². The van der Waals surface area contributed by atoms with Crippen LogP contribution >= 0.6 is 46.3 Å². The number of thiophene rings is 1. The molecule has 3 aromatic carbocycles. The number of carbonyl (C=O) groups is 4. The predicted molar refractivity (Wildman–Crippen MR) is 194 cm³/mol. The molecule has 0 aliphatic heterocycles. The molecule has 1 aliphatic rings. The molecule has 8 nitrogen and oxygen atoms in total. The van der Waals surface area contributed by atoms with E-state index in [2.05, 4.69) is 22.9 Å². The zero-order chi connectivity index (χ0) is 34.4.